The third kappa shape index (κ3) is 6.73. The minimum absolute atomic E-state index is 0.147. The summed E-state index contributed by atoms with van der Waals surface area (Å²) in [6, 6.07) is 12.6. The number of aryl methyl sites for hydroxylation is 2. The van der Waals surface area contributed by atoms with Crippen LogP contribution in [0.15, 0.2) is 58.5 Å². The maximum Gasteiger partial charge on any atom is 0.264 e. The van der Waals surface area contributed by atoms with Crippen molar-refractivity contribution in [2.24, 2.45) is 5.41 Å². The number of hydrogen-bond donors (Lipinski definition) is 1. The lowest BCUT2D eigenvalue weighted by atomic mass is 9.74. The predicted molar refractivity (Wildman–Crippen MR) is 166 cm³/mol. The van der Waals surface area contributed by atoms with Gasteiger partial charge in [0.25, 0.3) is 15.1 Å². The fourth-order valence-corrected chi connectivity index (χ4v) is 9.08. The molecular formula is C30H36ClN2O3S3+. The van der Waals surface area contributed by atoms with Crippen LogP contribution < -0.4 is 9.47 Å². The summed E-state index contributed by atoms with van der Waals surface area (Å²) in [6.45, 7) is 10.5. The number of rotatable bonds is 8. The van der Waals surface area contributed by atoms with E-state index in [-0.39, 0.29) is 16.5 Å². The molecule has 9 heteroatoms. The van der Waals surface area contributed by atoms with Gasteiger partial charge in [0, 0.05) is 28.6 Å². The lowest BCUT2D eigenvalue weighted by molar-refractivity contribution is -0.665. The fourth-order valence-electron chi connectivity index (χ4n) is 5.86. The van der Waals surface area contributed by atoms with E-state index < -0.39 is 10.1 Å². The quantitative estimate of drug-likeness (QED) is 0.209. The van der Waals surface area contributed by atoms with Crippen LogP contribution in [0.4, 0.5) is 5.69 Å². The molecule has 5 rings (SSSR count). The lowest BCUT2D eigenvalue weighted by Crippen LogP contribution is -2.34. The van der Waals surface area contributed by atoms with Gasteiger partial charge in [0.15, 0.2) is 0 Å². The Morgan fingerprint density at radius 3 is 2.74 bits per heavy atom. The van der Waals surface area contributed by atoms with Crippen LogP contribution in [-0.4, -0.2) is 30.6 Å². The molecule has 0 spiro atoms. The highest BCUT2D eigenvalue weighted by Crippen LogP contribution is 2.49. The van der Waals surface area contributed by atoms with Crippen molar-refractivity contribution in [3.05, 3.63) is 69.2 Å². The van der Waals surface area contributed by atoms with Gasteiger partial charge in [0.1, 0.15) is 11.2 Å². The van der Waals surface area contributed by atoms with Gasteiger partial charge in [0.2, 0.25) is 5.52 Å². The Morgan fingerprint density at radius 1 is 1.21 bits per heavy atom. The number of fused-ring (bicyclic) bond motifs is 2. The molecule has 0 fully saturated rings. The summed E-state index contributed by atoms with van der Waals surface area (Å²) in [7, 11) is -4.00. The average Bonchev–Trinajstić information content (AvgIpc) is 3.33. The molecule has 5 nitrogen and oxygen atoms in total. The molecular weight excluding hydrogens is 568 g/mol. The van der Waals surface area contributed by atoms with E-state index in [1.54, 1.807) is 0 Å². The van der Waals surface area contributed by atoms with E-state index in [0.717, 1.165) is 36.4 Å². The lowest BCUT2D eigenvalue weighted by Gasteiger charge is -2.34. The van der Waals surface area contributed by atoms with E-state index in [0.29, 0.717) is 18.0 Å². The van der Waals surface area contributed by atoms with Gasteiger partial charge in [-0.2, -0.15) is 13.0 Å². The highest BCUT2D eigenvalue weighted by atomic mass is 35.5. The van der Waals surface area contributed by atoms with Crippen molar-refractivity contribution < 1.29 is 17.5 Å². The van der Waals surface area contributed by atoms with E-state index in [1.807, 2.05) is 35.2 Å². The van der Waals surface area contributed by atoms with Crippen molar-refractivity contribution in [3.63, 3.8) is 0 Å². The summed E-state index contributed by atoms with van der Waals surface area (Å²) in [6.07, 6.45) is 8.07. The summed E-state index contributed by atoms with van der Waals surface area (Å²) in [5.41, 5.74) is 6.54. The van der Waals surface area contributed by atoms with Crippen molar-refractivity contribution in [3.8, 4) is 0 Å². The van der Waals surface area contributed by atoms with Crippen LogP contribution in [-0.2, 0) is 16.7 Å². The third-order valence-corrected chi connectivity index (χ3v) is 10.8. The van der Waals surface area contributed by atoms with Crippen molar-refractivity contribution >= 4 is 66.8 Å². The van der Waals surface area contributed by atoms with E-state index in [9.17, 15) is 13.0 Å². The first-order valence-electron chi connectivity index (χ1n) is 13.4. The second kappa shape index (κ2) is 11.2. The van der Waals surface area contributed by atoms with Gasteiger partial charge in [0.05, 0.1) is 16.8 Å². The molecule has 1 aliphatic heterocycles. The van der Waals surface area contributed by atoms with Gasteiger partial charge in [-0.25, -0.2) is 0 Å². The van der Waals surface area contributed by atoms with E-state index >= 15 is 0 Å². The van der Waals surface area contributed by atoms with Crippen molar-refractivity contribution in [2.75, 3.05) is 17.2 Å². The number of nitrogens with zero attached hydrogens (tertiary/aromatic N) is 2. The van der Waals surface area contributed by atoms with Crippen molar-refractivity contribution in [1.82, 2.24) is 0 Å². The first-order chi connectivity index (χ1) is 18.4. The Hall–Kier alpha value is -1.84. The molecule has 208 valence electrons. The zero-order valence-corrected chi connectivity index (χ0v) is 26.1. The normalized spacial score (nSPS) is 20.1. The SMILES string of the molecule is CC[n+]1c(C=C2C=C(CC3Sc4ccc(Cl)cc4N3CCCS(=O)(=O)O)CC(C)(C)C2)sc2ccc(C)cc21. The Kier molecular flexibility index (Phi) is 8.24. The van der Waals surface area contributed by atoms with Gasteiger partial charge in [-0.1, -0.05) is 66.3 Å². The molecule has 0 radical (unpaired) electrons. The van der Waals surface area contributed by atoms with Crippen molar-refractivity contribution in [2.45, 2.75) is 70.2 Å². The Balaban J connectivity index is 1.44. The minimum Gasteiger partial charge on any atom is -0.358 e. The summed E-state index contributed by atoms with van der Waals surface area (Å²) in [5.74, 6) is -0.245. The van der Waals surface area contributed by atoms with Gasteiger partial charge in [-0.3, -0.25) is 4.55 Å². The molecule has 2 aliphatic rings. The summed E-state index contributed by atoms with van der Waals surface area (Å²) >= 11 is 10.0. The first-order valence-corrected chi connectivity index (χ1v) is 17.1. The Morgan fingerprint density at radius 2 is 2.00 bits per heavy atom. The zero-order chi connectivity index (χ0) is 27.9. The molecule has 1 aromatic heterocycles. The van der Waals surface area contributed by atoms with Crippen LogP contribution in [0, 0.1) is 12.3 Å². The smallest absolute Gasteiger partial charge is 0.264 e. The molecule has 2 aromatic carbocycles. The van der Waals surface area contributed by atoms with Crippen LogP contribution >= 0.6 is 34.7 Å². The maximum absolute atomic E-state index is 11.4. The van der Waals surface area contributed by atoms with E-state index in [2.05, 4.69) is 73.6 Å². The molecule has 0 bridgehead atoms. The van der Waals surface area contributed by atoms with E-state index in [4.69, 9.17) is 11.6 Å². The van der Waals surface area contributed by atoms with Crippen LogP contribution in [0.25, 0.3) is 16.3 Å². The number of thioether (sulfide) groups is 1. The molecule has 3 aromatic rings. The predicted octanol–water partition coefficient (Wildman–Crippen LogP) is 7.91. The number of thiazole rings is 1. The highest BCUT2D eigenvalue weighted by molar-refractivity contribution is 8.00. The molecule has 1 atom stereocenters. The molecule has 1 unspecified atom stereocenters. The van der Waals surface area contributed by atoms with Crippen LogP contribution in [0.5, 0.6) is 0 Å². The Bertz CT molecular complexity index is 1570. The number of anilines is 1. The third-order valence-electron chi connectivity index (χ3n) is 7.37. The van der Waals surface area contributed by atoms with Crippen molar-refractivity contribution in [1.29, 1.82) is 0 Å². The van der Waals surface area contributed by atoms with Crippen LogP contribution in [0.1, 0.15) is 57.0 Å². The van der Waals surface area contributed by atoms with Gasteiger partial charge in [-0.15, -0.1) is 0 Å². The molecule has 39 heavy (non-hydrogen) atoms. The zero-order valence-electron chi connectivity index (χ0n) is 22.9. The topological polar surface area (TPSA) is 61.5 Å². The number of hydrogen-bond acceptors (Lipinski definition) is 5. The minimum atomic E-state index is -4.00. The van der Waals surface area contributed by atoms with Gasteiger partial charge in [-0.05, 0) is 80.3 Å². The molecule has 0 saturated heterocycles. The number of allylic oxidation sites excluding steroid dienone is 2. The summed E-state index contributed by atoms with van der Waals surface area (Å²) in [5, 5.41) is 2.10. The number of benzene rings is 2. The monoisotopic (exact) mass is 603 g/mol. The van der Waals surface area contributed by atoms with Crippen LogP contribution in [0.2, 0.25) is 5.02 Å². The number of aromatic nitrogens is 1. The largest absolute Gasteiger partial charge is 0.358 e. The first kappa shape index (κ1) is 28.7. The van der Waals surface area contributed by atoms with Gasteiger partial charge >= 0.3 is 0 Å². The molecule has 2 heterocycles. The molecule has 0 saturated carbocycles. The second-order valence-corrected chi connectivity index (χ2v) is 15.7. The Labute approximate surface area is 245 Å². The fraction of sp³-hybridized carbons (Fsp3) is 0.433. The number of halogens is 1. The molecule has 1 aliphatic carbocycles. The molecule has 0 amide bonds. The summed E-state index contributed by atoms with van der Waals surface area (Å²) in [4.78, 5) is 3.43. The molecule has 1 N–H and O–H groups in total. The average molecular weight is 604 g/mol. The highest BCUT2D eigenvalue weighted by Gasteiger charge is 2.34. The maximum atomic E-state index is 11.4. The van der Waals surface area contributed by atoms with Gasteiger partial charge < -0.3 is 4.90 Å². The summed E-state index contributed by atoms with van der Waals surface area (Å²) < 4.78 is 35.8. The second-order valence-electron chi connectivity index (χ2n) is 11.4. The standard InChI is InChI=1S/C30H35ClN2O3S3/c1-5-32-24-13-20(2)7-9-26(24)37-28(32)15-21-14-22(19-30(3,4)18-21)16-29-33(11-6-12-39(34,35)36)25-17-23(31)8-10-27(25)38-29/h7-10,13-15,17,29H,5-6,11-12,16,18-19H2,1-4H3/p+1. The van der Waals surface area contributed by atoms with E-state index in [1.165, 1.54) is 31.9 Å². The van der Waals surface area contributed by atoms with Crippen LogP contribution in [0.3, 0.4) is 0 Å².